The number of carbonyl (C=O) groups excluding carboxylic acids is 1. The molecule has 0 fully saturated rings. The topological polar surface area (TPSA) is 78.4 Å². The second-order valence-electron chi connectivity index (χ2n) is 8.68. The lowest BCUT2D eigenvalue weighted by Gasteiger charge is -2.25. The number of carbonyl (C=O) groups is 2. The minimum Gasteiger partial charge on any atom is -0.481 e. The van der Waals surface area contributed by atoms with Gasteiger partial charge in [-0.05, 0) is 79.3 Å². The quantitative estimate of drug-likeness (QED) is 0.475. The van der Waals surface area contributed by atoms with E-state index in [1.54, 1.807) is 19.1 Å². The third-order valence-corrected chi connectivity index (χ3v) is 5.47. The average molecular weight is 441 g/mol. The smallest absolute Gasteiger partial charge is 0.305 e. The molecule has 2 aromatic carbocycles. The highest BCUT2D eigenvalue weighted by Crippen LogP contribution is 2.33. The Balaban J connectivity index is 2.53. The van der Waals surface area contributed by atoms with Crippen molar-refractivity contribution in [3.8, 4) is 11.1 Å². The first-order valence-electron chi connectivity index (χ1n) is 10.8. The molecule has 0 saturated carbocycles. The number of benzene rings is 2. The van der Waals surface area contributed by atoms with E-state index in [9.17, 15) is 14.7 Å². The lowest BCUT2D eigenvalue weighted by atomic mass is 9.90. The SMILES string of the molecule is C=CNC(CC(C)C)C(=O)N[C@@H](CC(=O)O)c1cc(-c2c(C)cccc2C)cc(C)c1F. The van der Waals surface area contributed by atoms with E-state index in [4.69, 9.17) is 0 Å². The fourth-order valence-electron chi connectivity index (χ4n) is 4.01. The first-order chi connectivity index (χ1) is 15.0. The molecule has 0 heterocycles. The van der Waals surface area contributed by atoms with Gasteiger partial charge in [0.2, 0.25) is 5.91 Å². The summed E-state index contributed by atoms with van der Waals surface area (Å²) in [5.41, 5.74) is 4.40. The summed E-state index contributed by atoms with van der Waals surface area (Å²) in [4.78, 5) is 24.5. The normalized spacial score (nSPS) is 12.8. The van der Waals surface area contributed by atoms with Gasteiger partial charge in [0.25, 0.3) is 0 Å². The van der Waals surface area contributed by atoms with Gasteiger partial charge in [-0.25, -0.2) is 4.39 Å². The summed E-state index contributed by atoms with van der Waals surface area (Å²) in [6, 6.07) is 7.74. The molecule has 2 aromatic rings. The average Bonchev–Trinajstić information content (AvgIpc) is 2.68. The lowest BCUT2D eigenvalue weighted by molar-refractivity contribution is -0.137. The van der Waals surface area contributed by atoms with Gasteiger partial charge in [0.05, 0.1) is 12.5 Å². The van der Waals surface area contributed by atoms with E-state index in [0.29, 0.717) is 12.0 Å². The van der Waals surface area contributed by atoms with Gasteiger partial charge in [-0.15, -0.1) is 0 Å². The molecule has 0 spiro atoms. The van der Waals surface area contributed by atoms with Gasteiger partial charge in [0, 0.05) is 5.56 Å². The van der Waals surface area contributed by atoms with E-state index in [2.05, 4.69) is 17.2 Å². The standard InChI is InChI=1S/C26H33FN2O3/c1-7-28-22(11-15(2)3)26(32)29-21(14-23(30)31)20-13-19(12-18(6)25(20)27)24-16(4)9-8-10-17(24)5/h7-10,12-13,15,21-22,28H,1,11,14H2,2-6H3,(H,29,32)(H,30,31)/t21-,22?/m0/s1. The van der Waals surface area contributed by atoms with Crippen LogP contribution in [0.3, 0.4) is 0 Å². The molecule has 2 rings (SSSR count). The molecule has 32 heavy (non-hydrogen) atoms. The van der Waals surface area contributed by atoms with E-state index in [1.807, 2.05) is 45.9 Å². The zero-order valence-corrected chi connectivity index (χ0v) is 19.5. The van der Waals surface area contributed by atoms with Crippen LogP contribution in [0.1, 0.15) is 55.0 Å². The number of carboxylic acid groups (broad SMARTS) is 1. The highest BCUT2D eigenvalue weighted by Gasteiger charge is 2.27. The number of halogens is 1. The molecule has 3 N–H and O–H groups in total. The number of hydrogen-bond donors (Lipinski definition) is 3. The second-order valence-corrected chi connectivity index (χ2v) is 8.68. The lowest BCUT2D eigenvalue weighted by Crippen LogP contribution is -2.44. The van der Waals surface area contributed by atoms with Crippen molar-refractivity contribution in [3.05, 3.63) is 71.2 Å². The summed E-state index contributed by atoms with van der Waals surface area (Å²) in [6.07, 6.45) is 1.54. The van der Waals surface area contributed by atoms with E-state index in [0.717, 1.165) is 22.3 Å². The van der Waals surface area contributed by atoms with Crippen LogP contribution in [0.4, 0.5) is 4.39 Å². The molecule has 5 nitrogen and oxygen atoms in total. The Morgan fingerprint density at radius 1 is 1.12 bits per heavy atom. The maximum absolute atomic E-state index is 15.2. The van der Waals surface area contributed by atoms with Crippen LogP contribution < -0.4 is 10.6 Å². The van der Waals surface area contributed by atoms with E-state index < -0.39 is 30.3 Å². The minimum absolute atomic E-state index is 0.167. The van der Waals surface area contributed by atoms with Crippen molar-refractivity contribution in [2.75, 3.05) is 0 Å². The fourth-order valence-corrected chi connectivity index (χ4v) is 4.01. The summed E-state index contributed by atoms with van der Waals surface area (Å²) in [6.45, 7) is 13.2. The molecule has 0 saturated heterocycles. The number of amides is 1. The third-order valence-electron chi connectivity index (χ3n) is 5.47. The van der Waals surface area contributed by atoms with Gasteiger partial charge in [-0.3, -0.25) is 9.59 Å². The third kappa shape index (κ3) is 6.19. The molecule has 0 aromatic heterocycles. The first kappa shape index (κ1) is 25.1. The molecule has 2 atom stereocenters. The zero-order valence-electron chi connectivity index (χ0n) is 19.5. The second kappa shape index (κ2) is 10.9. The minimum atomic E-state index is -1.12. The van der Waals surface area contributed by atoms with Crippen LogP contribution >= 0.6 is 0 Å². The van der Waals surface area contributed by atoms with E-state index in [1.165, 1.54) is 6.20 Å². The molecule has 0 aliphatic carbocycles. The Bertz CT molecular complexity index is 981. The number of aliphatic carboxylic acids is 1. The van der Waals surface area contributed by atoms with E-state index >= 15 is 4.39 Å². The predicted octanol–water partition coefficient (Wildman–Crippen LogP) is 5.20. The number of nitrogens with one attached hydrogen (secondary N) is 2. The van der Waals surface area contributed by atoms with Crippen molar-refractivity contribution >= 4 is 11.9 Å². The van der Waals surface area contributed by atoms with Crippen LogP contribution in [0.25, 0.3) is 11.1 Å². The monoisotopic (exact) mass is 440 g/mol. The number of rotatable bonds is 10. The van der Waals surface area contributed by atoms with Crippen LogP contribution in [0, 0.1) is 32.5 Å². The molecule has 0 radical (unpaired) electrons. The van der Waals surface area contributed by atoms with Crippen LogP contribution in [0.2, 0.25) is 0 Å². The summed E-state index contributed by atoms with van der Waals surface area (Å²) < 4.78 is 15.2. The number of carboxylic acids is 1. The van der Waals surface area contributed by atoms with Crippen molar-refractivity contribution in [1.82, 2.24) is 10.6 Å². The summed E-state index contributed by atoms with van der Waals surface area (Å²) in [7, 11) is 0. The summed E-state index contributed by atoms with van der Waals surface area (Å²) in [5, 5.41) is 15.1. The molecule has 1 amide bonds. The highest BCUT2D eigenvalue weighted by molar-refractivity contribution is 5.83. The van der Waals surface area contributed by atoms with Crippen molar-refractivity contribution in [2.24, 2.45) is 5.92 Å². The van der Waals surface area contributed by atoms with Crippen LogP contribution in [0.15, 0.2) is 43.1 Å². The van der Waals surface area contributed by atoms with Crippen molar-refractivity contribution in [2.45, 2.75) is 59.5 Å². The fraction of sp³-hybridized carbons (Fsp3) is 0.385. The highest BCUT2D eigenvalue weighted by atomic mass is 19.1. The van der Waals surface area contributed by atoms with Gasteiger partial charge < -0.3 is 15.7 Å². The Morgan fingerprint density at radius 3 is 2.28 bits per heavy atom. The molecule has 0 bridgehead atoms. The molecule has 0 aliphatic heterocycles. The van der Waals surface area contributed by atoms with Crippen LogP contribution in [-0.4, -0.2) is 23.0 Å². The van der Waals surface area contributed by atoms with Gasteiger partial charge in [0.1, 0.15) is 11.9 Å². The Hall–Kier alpha value is -3.15. The van der Waals surface area contributed by atoms with Crippen LogP contribution in [-0.2, 0) is 9.59 Å². The molecule has 6 heteroatoms. The number of aryl methyl sites for hydroxylation is 3. The Labute approximate surface area is 189 Å². The largest absolute Gasteiger partial charge is 0.481 e. The molecule has 172 valence electrons. The summed E-state index contributed by atoms with van der Waals surface area (Å²) >= 11 is 0. The van der Waals surface area contributed by atoms with Crippen molar-refractivity contribution in [1.29, 1.82) is 0 Å². The molecule has 1 unspecified atom stereocenters. The summed E-state index contributed by atoms with van der Waals surface area (Å²) in [5.74, 6) is -1.80. The molecular formula is C26H33FN2O3. The maximum Gasteiger partial charge on any atom is 0.305 e. The number of hydrogen-bond acceptors (Lipinski definition) is 3. The Morgan fingerprint density at radius 2 is 1.75 bits per heavy atom. The van der Waals surface area contributed by atoms with Crippen molar-refractivity contribution < 1.29 is 19.1 Å². The first-order valence-corrected chi connectivity index (χ1v) is 10.8. The molecular weight excluding hydrogens is 407 g/mol. The molecule has 0 aliphatic rings. The van der Waals surface area contributed by atoms with Gasteiger partial charge in [-0.1, -0.05) is 38.6 Å². The van der Waals surface area contributed by atoms with Gasteiger partial charge in [0.15, 0.2) is 0 Å². The van der Waals surface area contributed by atoms with Crippen LogP contribution in [0.5, 0.6) is 0 Å². The Kier molecular flexibility index (Phi) is 8.58. The van der Waals surface area contributed by atoms with E-state index in [-0.39, 0.29) is 17.4 Å². The van der Waals surface area contributed by atoms with Gasteiger partial charge in [-0.2, -0.15) is 0 Å². The predicted molar refractivity (Wildman–Crippen MR) is 126 cm³/mol. The van der Waals surface area contributed by atoms with Gasteiger partial charge >= 0.3 is 5.97 Å². The van der Waals surface area contributed by atoms with Crippen molar-refractivity contribution in [3.63, 3.8) is 0 Å². The maximum atomic E-state index is 15.2. The zero-order chi connectivity index (χ0) is 24.0.